The maximum Gasteiger partial charge on any atom is 0.573 e. The van der Waals surface area contributed by atoms with Crippen molar-refractivity contribution < 1.29 is 22.8 Å². The van der Waals surface area contributed by atoms with Crippen LogP contribution in [0.4, 0.5) is 13.2 Å². The number of nitrogens with zero attached hydrogens (tertiary/aromatic N) is 1. The summed E-state index contributed by atoms with van der Waals surface area (Å²) in [5.41, 5.74) is -0.0171. The molecular weight excluding hydrogens is 227 g/mol. The SMILES string of the molecule is O=[N+]([O-])/C=C/c1ccccc1OC(F)(F)F. The third-order valence-corrected chi connectivity index (χ3v) is 1.52. The second kappa shape index (κ2) is 4.65. The van der Waals surface area contributed by atoms with E-state index >= 15 is 0 Å². The van der Waals surface area contributed by atoms with E-state index in [1.165, 1.54) is 18.2 Å². The molecule has 0 spiro atoms. The number of alkyl halides is 3. The van der Waals surface area contributed by atoms with E-state index in [1.54, 1.807) is 0 Å². The zero-order valence-electron chi connectivity index (χ0n) is 7.77. The van der Waals surface area contributed by atoms with Crippen LogP contribution in [0.5, 0.6) is 5.75 Å². The van der Waals surface area contributed by atoms with E-state index in [1.807, 2.05) is 0 Å². The summed E-state index contributed by atoms with van der Waals surface area (Å²) >= 11 is 0. The Bertz CT molecular complexity index is 415. The predicted octanol–water partition coefficient (Wildman–Crippen LogP) is 2.83. The Morgan fingerprint density at radius 1 is 1.31 bits per heavy atom. The number of ether oxygens (including phenoxy) is 1. The largest absolute Gasteiger partial charge is 0.573 e. The maximum atomic E-state index is 11.9. The van der Waals surface area contributed by atoms with Crippen molar-refractivity contribution in [2.24, 2.45) is 0 Å². The average Bonchev–Trinajstić information content (AvgIpc) is 2.14. The summed E-state index contributed by atoms with van der Waals surface area (Å²) in [6.45, 7) is 0. The maximum absolute atomic E-state index is 11.9. The molecule has 7 heteroatoms. The summed E-state index contributed by atoms with van der Waals surface area (Å²) < 4.78 is 39.5. The smallest absolute Gasteiger partial charge is 0.405 e. The molecule has 1 aromatic rings. The van der Waals surface area contributed by atoms with Crippen LogP contribution in [0.2, 0.25) is 0 Å². The van der Waals surface area contributed by atoms with Gasteiger partial charge in [0.15, 0.2) is 0 Å². The van der Waals surface area contributed by atoms with Gasteiger partial charge in [-0.3, -0.25) is 10.1 Å². The summed E-state index contributed by atoms with van der Waals surface area (Å²) in [4.78, 5) is 9.25. The third-order valence-electron chi connectivity index (χ3n) is 1.52. The van der Waals surface area contributed by atoms with Gasteiger partial charge in [0, 0.05) is 11.6 Å². The minimum absolute atomic E-state index is 0.0171. The summed E-state index contributed by atoms with van der Waals surface area (Å²) in [5, 5.41) is 10.0. The number of para-hydroxylation sites is 1. The summed E-state index contributed by atoms with van der Waals surface area (Å²) in [6, 6.07) is 5.14. The molecule has 0 aliphatic heterocycles. The van der Waals surface area contributed by atoms with Gasteiger partial charge in [0.25, 0.3) is 0 Å². The number of rotatable bonds is 3. The molecular formula is C9H6F3NO3. The van der Waals surface area contributed by atoms with Gasteiger partial charge in [-0.1, -0.05) is 18.2 Å². The van der Waals surface area contributed by atoms with Gasteiger partial charge in [-0.25, -0.2) is 0 Å². The highest BCUT2D eigenvalue weighted by atomic mass is 19.4. The number of halogens is 3. The molecule has 1 aromatic carbocycles. The normalized spacial score (nSPS) is 11.7. The minimum Gasteiger partial charge on any atom is -0.405 e. The number of benzene rings is 1. The van der Waals surface area contributed by atoms with Crippen LogP contribution in [0.15, 0.2) is 30.5 Å². The molecule has 16 heavy (non-hydrogen) atoms. The number of nitro groups is 1. The first kappa shape index (κ1) is 12.0. The van der Waals surface area contributed by atoms with Crippen molar-refractivity contribution in [1.82, 2.24) is 0 Å². The van der Waals surface area contributed by atoms with E-state index in [4.69, 9.17) is 0 Å². The van der Waals surface area contributed by atoms with E-state index < -0.39 is 17.0 Å². The van der Waals surface area contributed by atoms with Gasteiger partial charge in [0.2, 0.25) is 6.20 Å². The molecule has 0 aromatic heterocycles. The van der Waals surface area contributed by atoms with Gasteiger partial charge >= 0.3 is 6.36 Å². The van der Waals surface area contributed by atoms with E-state index in [0.29, 0.717) is 6.20 Å². The lowest BCUT2D eigenvalue weighted by Crippen LogP contribution is -2.17. The first-order chi connectivity index (χ1) is 7.38. The molecule has 0 saturated heterocycles. The Morgan fingerprint density at radius 3 is 2.50 bits per heavy atom. The van der Waals surface area contributed by atoms with E-state index in [9.17, 15) is 23.3 Å². The minimum atomic E-state index is -4.82. The van der Waals surface area contributed by atoms with Crippen LogP contribution in [0.25, 0.3) is 6.08 Å². The molecule has 0 aliphatic carbocycles. The highest BCUT2D eigenvalue weighted by Crippen LogP contribution is 2.26. The van der Waals surface area contributed by atoms with Crippen LogP contribution in [-0.4, -0.2) is 11.3 Å². The van der Waals surface area contributed by atoms with Crippen molar-refractivity contribution in [3.8, 4) is 5.75 Å². The standard InChI is InChI=1S/C9H6F3NO3/c10-9(11,12)16-8-4-2-1-3-7(8)5-6-13(14)15/h1-6H/b6-5+. The monoisotopic (exact) mass is 233 g/mol. The molecule has 4 nitrogen and oxygen atoms in total. The Balaban J connectivity index is 2.96. The van der Waals surface area contributed by atoms with Crippen molar-refractivity contribution in [3.05, 3.63) is 46.1 Å². The zero-order valence-corrected chi connectivity index (χ0v) is 7.77. The van der Waals surface area contributed by atoms with E-state index in [2.05, 4.69) is 4.74 Å². The first-order valence-corrected chi connectivity index (χ1v) is 4.05. The highest BCUT2D eigenvalue weighted by molar-refractivity contribution is 5.56. The molecule has 0 saturated carbocycles. The highest BCUT2D eigenvalue weighted by Gasteiger charge is 2.31. The fourth-order valence-electron chi connectivity index (χ4n) is 0.977. The molecule has 0 atom stereocenters. The fourth-order valence-corrected chi connectivity index (χ4v) is 0.977. The van der Waals surface area contributed by atoms with Gasteiger partial charge < -0.3 is 4.74 Å². The van der Waals surface area contributed by atoms with Crippen molar-refractivity contribution in [3.63, 3.8) is 0 Å². The van der Waals surface area contributed by atoms with Crippen LogP contribution in [0.1, 0.15) is 5.56 Å². The van der Waals surface area contributed by atoms with Crippen molar-refractivity contribution in [1.29, 1.82) is 0 Å². The van der Waals surface area contributed by atoms with Gasteiger partial charge in [-0.2, -0.15) is 0 Å². The van der Waals surface area contributed by atoms with Gasteiger partial charge in [0.05, 0.1) is 4.92 Å². The lowest BCUT2D eigenvalue weighted by Gasteiger charge is -2.10. The first-order valence-electron chi connectivity index (χ1n) is 4.05. The molecule has 0 fully saturated rings. The fraction of sp³-hybridized carbons (Fsp3) is 0.111. The Hall–Kier alpha value is -2.05. The number of hydrogen-bond acceptors (Lipinski definition) is 3. The molecule has 0 unspecified atom stereocenters. The van der Waals surface area contributed by atoms with Crippen molar-refractivity contribution >= 4 is 6.08 Å². The summed E-state index contributed by atoms with van der Waals surface area (Å²) in [6.07, 6.45) is -3.35. The third kappa shape index (κ3) is 3.99. The molecule has 0 heterocycles. The number of hydrogen-bond donors (Lipinski definition) is 0. The molecule has 0 aliphatic rings. The quantitative estimate of drug-likeness (QED) is 0.595. The van der Waals surface area contributed by atoms with E-state index in [0.717, 1.165) is 12.1 Å². The zero-order chi connectivity index (χ0) is 12.2. The molecule has 0 bridgehead atoms. The molecule has 1 rings (SSSR count). The van der Waals surface area contributed by atoms with Crippen LogP contribution >= 0.6 is 0 Å². The molecule has 0 amide bonds. The Labute approximate surface area is 88.1 Å². The van der Waals surface area contributed by atoms with Crippen LogP contribution in [0, 0.1) is 10.1 Å². The summed E-state index contributed by atoms with van der Waals surface area (Å²) in [5.74, 6) is -0.479. The van der Waals surface area contributed by atoms with Gasteiger partial charge in [0.1, 0.15) is 5.75 Å². The van der Waals surface area contributed by atoms with Crippen molar-refractivity contribution in [2.75, 3.05) is 0 Å². The summed E-state index contributed by atoms with van der Waals surface area (Å²) in [7, 11) is 0. The average molecular weight is 233 g/mol. The van der Waals surface area contributed by atoms with Crippen LogP contribution in [0.3, 0.4) is 0 Å². The topological polar surface area (TPSA) is 52.4 Å². The molecule has 0 radical (unpaired) electrons. The van der Waals surface area contributed by atoms with Crippen LogP contribution in [-0.2, 0) is 0 Å². The second-order valence-corrected chi connectivity index (χ2v) is 2.69. The van der Waals surface area contributed by atoms with Gasteiger partial charge in [-0.05, 0) is 6.07 Å². The Kier molecular flexibility index (Phi) is 3.49. The lowest BCUT2D eigenvalue weighted by molar-refractivity contribution is -0.401. The van der Waals surface area contributed by atoms with Gasteiger partial charge in [-0.15, -0.1) is 13.2 Å². The van der Waals surface area contributed by atoms with Crippen LogP contribution < -0.4 is 4.74 Å². The Morgan fingerprint density at radius 2 is 1.94 bits per heavy atom. The van der Waals surface area contributed by atoms with E-state index in [-0.39, 0.29) is 5.56 Å². The van der Waals surface area contributed by atoms with Crippen molar-refractivity contribution in [2.45, 2.75) is 6.36 Å². The predicted molar refractivity (Wildman–Crippen MR) is 49.2 cm³/mol. The lowest BCUT2D eigenvalue weighted by atomic mass is 10.2. The molecule has 0 N–H and O–H groups in total. The second-order valence-electron chi connectivity index (χ2n) is 2.69. The molecule has 86 valence electrons.